The van der Waals surface area contributed by atoms with E-state index in [-0.39, 0.29) is 5.56 Å². The Balaban J connectivity index is 1.53. The molecule has 4 rings (SSSR count). The van der Waals surface area contributed by atoms with Crippen molar-refractivity contribution in [3.05, 3.63) is 44.5 Å². The van der Waals surface area contributed by atoms with Crippen molar-refractivity contribution in [1.82, 2.24) is 24.5 Å². The molecule has 1 aliphatic rings. The summed E-state index contributed by atoms with van der Waals surface area (Å²) in [5.74, 6) is 0.974. The third kappa shape index (κ3) is 3.59. The second-order valence-electron chi connectivity index (χ2n) is 6.54. The highest BCUT2D eigenvalue weighted by molar-refractivity contribution is 7.09. The van der Waals surface area contributed by atoms with E-state index in [2.05, 4.69) is 38.3 Å². The van der Waals surface area contributed by atoms with Crippen molar-refractivity contribution < 1.29 is 0 Å². The number of fused-ring (bicyclic) bond motifs is 1. The third-order valence-electron chi connectivity index (χ3n) is 4.70. The molecule has 7 nitrogen and oxygen atoms in total. The lowest BCUT2D eigenvalue weighted by molar-refractivity contribution is 0.151. The van der Waals surface area contributed by atoms with Crippen molar-refractivity contribution in [3.8, 4) is 0 Å². The summed E-state index contributed by atoms with van der Waals surface area (Å²) in [5.41, 5.74) is 0.663. The summed E-state index contributed by atoms with van der Waals surface area (Å²) in [6.45, 7) is 4.68. The lowest BCUT2D eigenvalue weighted by Crippen LogP contribution is -2.37. The van der Waals surface area contributed by atoms with E-state index in [4.69, 9.17) is 0 Å². The van der Waals surface area contributed by atoms with Crippen LogP contribution in [0.4, 0.5) is 5.95 Å². The van der Waals surface area contributed by atoms with Gasteiger partial charge in [0.15, 0.2) is 0 Å². The summed E-state index contributed by atoms with van der Waals surface area (Å²) >= 11 is 1.68. The first-order valence-electron chi connectivity index (χ1n) is 8.68. The van der Waals surface area contributed by atoms with E-state index >= 15 is 0 Å². The van der Waals surface area contributed by atoms with Gasteiger partial charge in [0.05, 0.1) is 12.2 Å². The number of hydrogen-bond acceptors (Lipinski definition) is 6. The Morgan fingerprint density at radius 1 is 1.40 bits per heavy atom. The summed E-state index contributed by atoms with van der Waals surface area (Å²) in [6.07, 6.45) is 3.70. The molecule has 3 aromatic rings. The Kier molecular flexibility index (Phi) is 4.54. The van der Waals surface area contributed by atoms with Gasteiger partial charge >= 0.3 is 0 Å². The maximum absolute atomic E-state index is 12.4. The van der Waals surface area contributed by atoms with Crippen LogP contribution in [0.25, 0.3) is 5.78 Å². The first kappa shape index (κ1) is 16.3. The lowest BCUT2D eigenvalue weighted by atomic mass is 10.0. The molecular weight excluding hydrogens is 336 g/mol. The van der Waals surface area contributed by atoms with Crippen molar-refractivity contribution in [3.63, 3.8) is 0 Å². The minimum Gasteiger partial charge on any atom is -0.350 e. The summed E-state index contributed by atoms with van der Waals surface area (Å²) in [4.78, 5) is 25.0. The van der Waals surface area contributed by atoms with Gasteiger partial charge in [0, 0.05) is 23.5 Å². The van der Waals surface area contributed by atoms with Gasteiger partial charge in [0.25, 0.3) is 11.3 Å². The van der Waals surface area contributed by atoms with Crippen molar-refractivity contribution in [1.29, 1.82) is 0 Å². The maximum Gasteiger partial charge on any atom is 0.274 e. The van der Waals surface area contributed by atoms with Crippen LogP contribution in [-0.2, 0) is 13.1 Å². The first-order valence-corrected chi connectivity index (χ1v) is 9.56. The molecule has 0 bridgehead atoms. The molecule has 0 aliphatic carbocycles. The SMILES string of the molecule is C[C@@H]1CCCCN1Cc1cc(=O)n2[nH]c(NCc3cccs3)nc2n1. The van der Waals surface area contributed by atoms with Gasteiger partial charge in [-0.05, 0) is 37.8 Å². The number of aromatic amines is 1. The number of hydrogen-bond donors (Lipinski definition) is 2. The molecule has 4 heterocycles. The lowest BCUT2D eigenvalue weighted by Gasteiger charge is -2.32. The fraction of sp³-hybridized carbons (Fsp3) is 0.471. The average Bonchev–Trinajstić information content (AvgIpc) is 3.24. The maximum atomic E-state index is 12.4. The van der Waals surface area contributed by atoms with Crippen LogP contribution in [0, 0.1) is 0 Å². The standard InChI is InChI=1S/C17H22N6OS/c1-12-5-2-3-7-22(12)11-13-9-15(24)23-17(19-13)20-16(21-23)18-10-14-6-4-8-25-14/h4,6,8-9,12H,2-3,5,7,10-11H2,1H3,(H2,18,19,20,21)/t12-/m1/s1. The second-order valence-corrected chi connectivity index (χ2v) is 7.57. The third-order valence-corrected chi connectivity index (χ3v) is 5.58. The number of likely N-dealkylation sites (tertiary alicyclic amines) is 1. The molecule has 1 aliphatic heterocycles. The van der Waals surface area contributed by atoms with E-state index in [9.17, 15) is 4.79 Å². The second kappa shape index (κ2) is 6.97. The predicted molar refractivity (Wildman–Crippen MR) is 99.0 cm³/mol. The Morgan fingerprint density at radius 2 is 2.32 bits per heavy atom. The molecule has 0 unspecified atom stereocenters. The van der Waals surface area contributed by atoms with Crippen molar-refractivity contribution >= 4 is 23.1 Å². The normalized spacial score (nSPS) is 18.7. The number of H-pyrrole nitrogens is 1. The molecule has 0 aromatic carbocycles. The zero-order valence-corrected chi connectivity index (χ0v) is 15.1. The molecule has 1 atom stereocenters. The van der Waals surface area contributed by atoms with Crippen LogP contribution in [0.2, 0.25) is 0 Å². The Labute approximate surface area is 149 Å². The van der Waals surface area contributed by atoms with Gasteiger partial charge in [0.1, 0.15) is 0 Å². The van der Waals surface area contributed by atoms with Gasteiger partial charge in [-0.25, -0.2) is 4.98 Å². The molecule has 8 heteroatoms. The fourth-order valence-corrected chi connectivity index (χ4v) is 3.92. The quantitative estimate of drug-likeness (QED) is 0.732. The molecule has 2 N–H and O–H groups in total. The van der Waals surface area contributed by atoms with Crippen molar-refractivity contribution in [2.75, 3.05) is 11.9 Å². The molecule has 1 fully saturated rings. The van der Waals surface area contributed by atoms with Gasteiger partial charge in [-0.2, -0.15) is 9.50 Å². The van der Waals surface area contributed by atoms with Crippen LogP contribution in [0.5, 0.6) is 0 Å². The summed E-state index contributed by atoms with van der Waals surface area (Å²) in [7, 11) is 0. The highest BCUT2D eigenvalue weighted by Crippen LogP contribution is 2.18. The smallest absolute Gasteiger partial charge is 0.274 e. The molecule has 3 aromatic heterocycles. The first-order chi connectivity index (χ1) is 12.2. The molecule has 0 spiro atoms. The van der Waals surface area contributed by atoms with Crippen LogP contribution in [-0.4, -0.2) is 37.1 Å². The zero-order valence-electron chi connectivity index (χ0n) is 14.2. The van der Waals surface area contributed by atoms with Gasteiger partial charge in [-0.1, -0.05) is 12.5 Å². The topological polar surface area (TPSA) is 78.3 Å². The van der Waals surface area contributed by atoms with E-state index in [0.29, 0.717) is 30.9 Å². The van der Waals surface area contributed by atoms with Crippen LogP contribution in [0.15, 0.2) is 28.4 Å². The molecule has 0 radical (unpaired) electrons. The number of rotatable bonds is 5. The fourth-order valence-electron chi connectivity index (χ4n) is 3.27. The number of thiophene rings is 1. The Morgan fingerprint density at radius 3 is 3.12 bits per heavy atom. The molecule has 0 amide bonds. The molecule has 1 saturated heterocycles. The van der Waals surface area contributed by atoms with Crippen molar-refractivity contribution in [2.45, 2.75) is 45.3 Å². The highest BCUT2D eigenvalue weighted by atomic mass is 32.1. The largest absolute Gasteiger partial charge is 0.350 e. The van der Waals surface area contributed by atoms with Crippen molar-refractivity contribution in [2.24, 2.45) is 0 Å². The summed E-state index contributed by atoms with van der Waals surface area (Å²) in [5, 5.41) is 8.22. The summed E-state index contributed by atoms with van der Waals surface area (Å²) < 4.78 is 1.39. The number of nitrogens with one attached hydrogen (secondary N) is 2. The molecular formula is C17H22N6OS. The molecule has 132 valence electrons. The van der Waals surface area contributed by atoms with E-state index in [1.165, 1.54) is 28.7 Å². The van der Waals surface area contributed by atoms with E-state index in [1.54, 1.807) is 17.4 Å². The van der Waals surface area contributed by atoms with Gasteiger partial charge in [-0.15, -0.1) is 11.3 Å². The molecule has 25 heavy (non-hydrogen) atoms. The predicted octanol–water partition coefficient (Wildman–Crippen LogP) is 2.47. The monoisotopic (exact) mass is 358 g/mol. The van der Waals surface area contributed by atoms with Gasteiger partial charge in [0.2, 0.25) is 5.95 Å². The Bertz CT molecular complexity index is 900. The molecule has 0 saturated carbocycles. The number of nitrogens with zero attached hydrogens (tertiary/aromatic N) is 4. The van der Waals surface area contributed by atoms with Gasteiger partial charge < -0.3 is 5.32 Å². The van der Waals surface area contributed by atoms with E-state index in [1.807, 2.05) is 11.4 Å². The van der Waals surface area contributed by atoms with Crippen LogP contribution < -0.4 is 10.9 Å². The average molecular weight is 358 g/mol. The minimum atomic E-state index is -0.124. The zero-order chi connectivity index (χ0) is 17.2. The number of aromatic nitrogens is 4. The van der Waals surface area contributed by atoms with Crippen LogP contribution in [0.3, 0.4) is 0 Å². The van der Waals surface area contributed by atoms with Crippen LogP contribution in [0.1, 0.15) is 36.8 Å². The Hall–Kier alpha value is -2.19. The van der Waals surface area contributed by atoms with Gasteiger partial charge in [-0.3, -0.25) is 14.8 Å². The van der Waals surface area contributed by atoms with E-state index < -0.39 is 0 Å². The highest BCUT2D eigenvalue weighted by Gasteiger charge is 2.19. The van der Waals surface area contributed by atoms with E-state index in [0.717, 1.165) is 12.2 Å². The summed E-state index contributed by atoms with van der Waals surface area (Å²) in [6, 6.07) is 6.22. The number of piperidine rings is 1. The number of anilines is 1. The van der Waals surface area contributed by atoms with Crippen LogP contribution >= 0.6 is 11.3 Å². The minimum absolute atomic E-state index is 0.124.